The highest BCUT2D eigenvalue weighted by Crippen LogP contribution is 2.31. The van der Waals surface area contributed by atoms with Crippen molar-refractivity contribution in [2.75, 3.05) is 63.6 Å². The molecule has 2 aliphatic heterocycles. The Morgan fingerprint density at radius 3 is 2.58 bits per heavy atom. The van der Waals surface area contributed by atoms with Gasteiger partial charge in [0.2, 0.25) is 0 Å². The Bertz CT molecular complexity index is 1610. The number of anilines is 3. The van der Waals surface area contributed by atoms with Gasteiger partial charge in [0.1, 0.15) is 17.1 Å². The summed E-state index contributed by atoms with van der Waals surface area (Å²) < 4.78 is 11.5. The Labute approximate surface area is 265 Å². The van der Waals surface area contributed by atoms with Crippen LogP contribution in [0, 0.1) is 0 Å². The highest BCUT2D eigenvalue weighted by molar-refractivity contribution is 5.98. The van der Waals surface area contributed by atoms with Crippen LogP contribution in [0.4, 0.5) is 17.2 Å². The molecule has 4 aromatic rings. The van der Waals surface area contributed by atoms with Crippen molar-refractivity contribution in [1.29, 1.82) is 0 Å². The van der Waals surface area contributed by atoms with Crippen LogP contribution in [0.5, 0.6) is 5.75 Å². The van der Waals surface area contributed by atoms with Gasteiger partial charge in [-0.25, -0.2) is 14.8 Å². The number of nitrogens with one attached hydrogen (secondary N) is 2. The van der Waals surface area contributed by atoms with E-state index >= 15 is 0 Å². The topological polar surface area (TPSA) is 98.8 Å². The Morgan fingerprint density at radius 1 is 1.04 bits per heavy atom. The number of para-hydroxylation sites is 1. The van der Waals surface area contributed by atoms with Crippen LogP contribution in [0.3, 0.4) is 0 Å². The van der Waals surface area contributed by atoms with Crippen LogP contribution >= 0.6 is 0 Å². The standard InChI is InChI=1S/C35H45N7O3/c1-5-24(2)45-35(43)28-8-6-7-9-29(28)38-34-33-30(12-15-36-33)37-32(39-34)22-25-10-11-27(23-31(25)44-4)41-16-13-26(14-17-41)42-20-18-40(3)19-21-42/h6-12,15,23-24,26,36H,5,13-14,16-22H2,1-4H3,(H,37,38,39). The number of hydrogen-bond donors (Lipinski definition) is 2. The summed E-state index contributed by atoms with van der Waals surface area (Å²) >= 11 is 0. The molecule has 0 amide bonds. The molecule has 2 aliphatic rings. The average molecular weight is 612 g/mol. The van der Waals surface area contributed by atoms with E-state index < -0.39 is 0 Å². The largest absolute Gasteiger partial charge is 0.496 e. The van der Waals surface area contributed by atoms with E-state index in [9.17, 15) is 4.79 Å². The zero-order chi connectivity index (χ0) is 31.3. The molecular formula is C35H45N7O3. The number of benzene rings is 2. The summed E-state index contributed by atoms with van der Waals surface area (Å²) in [5.41, 5.74) is 4.86. The summed E-state index contributed by atoms with van der Waals surface area (Å²) in [4.78, 5) is 33.5. The second-order valence-electron chi connectivity index (χ2n) is 12.3. The molecule has 2 aromatic carbocycles. The average Bonchev–Trinajstić information content (AvgIpc) is 3.55. The summed E-state index contributed by atoms with van der Waals surface area (Å²) in [5.74, 6) is 1.72. The molecule has 0 radical (unpaired) electrons. The number of carbonyl (C=O) groups excluding carboxylic acids is 1. The van der Waals surface area contributed by atoms with E-state index in [2.05, 4.69) is 50.2 Å². The van der Waals surface area contributed by atoms with Crippen molar-refractivity contribution in [3.8, 4) is 5.75 Å². The second kappa shape index (κ2) is 13.9. The Balaban J connectivity index is 1.18. The maximum absolute atomic E-state index is 12.9. The molecule has 10 nitrogen and oxygen atoms in total. The number of carbonyl (C=O) groups is 1. The highest BCUT2D eigenvalue weighted by Gasteiger charge is 2.27. The molecule has 6 rings (SSSR count). The molecule has 238 valence electrons. The van der Waals surface area contributed by atoms with Gasteiger partial charge in [-0.15, -0.1) is 0 Å². The number of aromatic amines is 1. The van der Waals surface area contributed by atoms with Crippen LogP contribution in [0.15, 0.2) is 54.7 Å². The summed E-state index contributed by atoms with van der Waals surface area (Å²) in [6.45, 7) is 10.7. The summed E-state index contributed by atoms with van der Waals surface area (Å²) in [6, 6.07) is 16.4. The van der Waals surface area contributed by atoms with Crippen molar-refractivity contribution >= 4 is 34.2 Å². The molecule has 2 fully saturated rings. The fourth-order valence-electron chi connectivity index (χ4n) is 6.31. The maximum Gasteiger partial charge on any atom is 0.340 e. The lowest BCUT2D eigenvalue weighted by Gasteiger charge is -2.42. The minimum Gasteiger partial charge on any atom is -0.496 e. The smallest absolute Gasteiger partial charge is 0.340 e. The Hall–Kier alpha value is -4.15. The van der Waals surface area contributed by atoms with Gasteiger partial charge in [-0.3, -0.25) is 4.90 Å². The number of nitrogens with zero attached hydrogens (tertiary/aromatic N) is 5. The minimum atomic E-state index is -0.363. The number of esters is 1. The molecule has 2 aromatic heterocycles. The number of ether oxygens (including phenoxy) is 2. The van der Waals surface area contributed by atoms with Gasteiger partial charge < -0.3 is 29.6 Å². The third-order valence-corrected chi connectivity index (χ3v) is 9.24. The molecule has 0 aliphatic carbocycles. The van der Waals surface area contributed by atoms with E-state index in [1.807, 2.05) is 44.3 Å². The molecule has 45 heavy (non-hydrogen) atoms. The van der Waals surface area contributed by atoms with E-state index in [-0.39, 0.29) is 12.1 Å². The Morgan fingerprint density at radius 2 is 1.82 bits per heavy atom. The van der Waals surface area contributed by atoms with E-state index in [0.29, 0.717) is 35.4 Å². The number of hydrogen-bond acceptors (Lipinski definition) is 9. The number of aromatic nitrogens is 3. The lowest BCUT2D eigenvalue weighted by Crippen LogP contribution is -2.52. The predicted molar refractivity (Wildman–Crippen MR) is 179 cm³/mol. The van der Waals surface area contributed by atoms with Gasteiger partial charge >= 0.3 is 5.97 Å². The fraction of sp³-hybridized carbons (Fsp3) is 0.457. The van der Waals surface area contributed by atoms with Crippen molar-refractivity contribution in [1.82, 2.24) is 24.8 Å². The van der Waals surface area contributed by atoms with Crippen molar-refractivity contribution < 1.29 is 14.3 Å². The van der Waals surface area contributed by atoms with Crippen LogP contribution in [-0.2, 0) is 11.2 Å². The van der Waals surface area contributed by atoms with Crippen molar-refractivity contribution in [3.63, 3.8) is 0 Å². The van der Waals surface area contributed by atoms with Crippen molar-refractivity contribution in [3.05, 3.63) is 71.7 Å². The van der Waals surface area contributed by atoms with Crippen LogP contribution in [0.1, 0.15) is 54.9 Å². The molecule has 2 N–H and O–H groups in total. The summed E-state index contributed by atoms with van der Waals surface area (Å²) in [5, 5.41) is 3.38. The first-order valence-electron chi connectivity index (χ1n) is 16.2. The number of rotatable bonds is 10. The number of piperazine rings is 1. The molecule has 0 saturated carbocycles. The zero-order valence-electron chi connectivity index (χ0n) is 26.9. The first kappa shape index (κ1) is 30.9. The fourth-order valence-corrected chi connectivity index (χ4v) is 6.31. The van der Waals surface area contributed by atoms with Crippen LogP contribution in [-0.4, -0.2) is 96.3 Å². The maximum atomic E-state index is 12.9. The van der Waals surface area contributed by atoms with Gasteiger partial charge in [-0.1, -0.05) is 25.1 Å². The lowest BCUT2D eigenvalue weighted by atomic mass is 10.0. The summed E-state index contributed by atoms with van der Waals surface area (Å²) in [7, 11) is 3.94. The molecule has 0 bridgehead atoms. The van der Waals surface area contributed by atoms with Gasteiger partial charge in [0, 0.05) is 75.2 Å². The van der Waals surface area contributed by atoms with Crippen LogP contribution in [0.2, 0.25) is 0 Å². The van der Waals surface area contributed by atoms with E-state index in [1.165, 1.54) is 31.6 Å². The van der Waals surface area contributed by atoms with Gasteiger partial charge in [0.05, 0.1) is 30.0 Å². The first-order valence-corrected chi connectivity index (χ1v) is 16.2. The van der Waals surface area contributed by atoms with Crippen LogP contribution < -0.4 is 15.0 Å². The molecule has 2 saturated heterocycles. The number of methoxy groups -OCH3 is 1. The third-order valence-electron chi connectivity index (χ3n) is 9.24. The first-order chi connectivity index (χ1) is 21.9. The molecule has 1 unspecified atom stereocenters. The third kappa shape index (κ3) is 7.07. The number of likely N-dealkylation sites (N-methyl/N-ethyl adjacent to an activating group) is 1. The molecule has 1 atom stereocenters. The summed E-state index contributed by atoms with van der Waals surface area (Å²) in [6.07, 6.45) is 5.31. The quantitative estimate of drug-likeness (QED) is 0.226. The minimum absolute atomic E-state index is 0.165. The SMILES string of the molecule is CCC(C)OC(=O)c1ccccc1Nc1nc(Cc2ccc(N3CCC(N4CCN(C)CC4)CC3)cc2OC)nc2cc[nH]c12. The van der Waals surface area contributed by atoms with Gasteiger partial charge in [-0.05, 0) is 57.5 Å². The predicted octanol–water partition coefficient (Wildman–Crippen LogP) is 5.47. The molecular weight excluding hydrogens is 566 g/mol. The lowest BCUT2D eigenvalue weighted by molar-refractivity contribution is 0.0335. The van der Waals surface area contributed by atoms with Gasteiger partial charge in [0.25, 0.3) is 0 Å². The van der Waals surface area contributed by atoms with Crippen molar-refractivity contribution in [2.24, 2.45) is 0 Å². The van der Waals surface area contributed by atoms with E-state index in [4.69, 9.17) is 19.4 Å². The zero-order valence-corrected chi connectivity index (χ0v) is 26.9. The van der Waals surface area contributed by atoms with Crippen molar-refractivity contribution in [2.45, 2.75) is 51.7 Å². The second-order valence-corrected chi connectivity index (χ2v) is 12.3. The number of fused-ring (bicyclic) bond motifs is 1. The number of piperidine rings is 1. The van der Waals surface area contributed by atoms with E-state index in [1.54, 1.807) is 13.2 Å². The van der Waals surface area contributed by atoms with E-state index in [0.717, 1.165) is 54.9 Å². The molecule has 4 heterocycles. The molecule has 0 spiro atoms. The monoisotopic (exact) mass is 611 g/mol. The highest BCUT2D eigenvalue weighted by atomic mass is 16.5. The normalized spacial score (nSPS) is 17.4. The Kier molecular flexibility index (Phi) is 9.51. The van der Waals surface area contributed by atoms with Gasteiger partial charge in [0.15, 0.2) is 5.82 Å². The van der Waals surface area contributed by atoms with Crippen LogP contribution in [0.25, 0.3) is 11.0 Å². The number of H-pyrrole nitrogens is 1. The van der Waals surface area contributed by atoms with Gasteiger partial charge in [-0.2, -0.15) is 0 Å². The molecule has 10 heteroatoms.